The molecule has 1 unspecified atom stereocenters. The van der Waals surface area contributed by atoms with E-state index in [0.717, 1.165) is 41.4 Å². The molecule has 7 heteroatoms. The second kappa shape index (κ2) is 10.4. The third-order valence-corrected chi connectivity index (χ3v) is 4.83. The molecule has 0 fully saturated rings. The summed E-state index contributed by atoms with van der Waals surface area (Å²) in [4.78, 5) is 12.8. The molecule has 0 saturated carbocycles. The van der Waals surface area contributed by atoms with Gasteiger partial charge in [-0.05, 0) is 43.0 Å². The third-order valence-electron chi connectivity index (χ3n) is 4.05. The van der Waals surface area contributed by atoms with Crippen molar-refractivity contribution in [3.8, 4) is 18.1 Å². The molecule has 3 aromatic rings. The molecule has 28 heavy (non-hydrogen) atoms. The molecule has 0 aliphatic rings. The van der Waals surface area contributed by atoms with Gasteiger partial charge in [-0.3, -0.25) is 0 Å². The van der Waals surface area contributed by atoms with Gasteiger partial charge in [0.25, 0.3) is 0 Å². The molecule has 2 aromatic heterocycles. The van der Waals surface area contributed by atoms with Gasteiger partial charge in [0, 0.05) is 24.2 Å². The summed E-state index contributed by atoms with van der Waals surface area (Å²) in [5.74, 6) is 4.02. The molecule has 3 N–H and O–H groups in total. The standard InChI is InChI=1S/C21H23N5OS/c1-2-3-4-5-13-27-17-9-7-16(8-10-17)14-18(22)19-15-28-21(25-19)26-20-23-11-6-12-24-20/h1,6-12,15,18H,3-5,13-14,22H2,(H,23,24,25,26). The fourth-order valence-corrected chi connectivity index (χ4v) is 3.34. The summed E-state index contributed by atoms with van der Waals surface area (Å²) in [6, 6.07) is 9.62. The van der Waals surface area contributed by atoms with Crippen LogP contribution in [-0.2, 0) is 6.42 Å². The van der Waals surface area contributed by atoms with Crippen LogP contribution in [0.1, 0.15) is 36.6 Å². The average Bonchev–Trinajstić information content (AvgIpc) is 3.18. The molecule has 3 rings (SSSR count). The van der Waals surface area contributed by atoms with Crippen molar-refractivity contribution in [1.29, 1.82) is 0 Å². The van der Waals surface area contributed by atoms with Crippen LogP contribution in [0.3, 0.4) is 0 Å². The second-order valence-electron chi connectivity index (χ2n) is 6.24. The van der Waals surface area contributed by atoms with Crippen LogP contribution in [0.2, 0.25) is 0 Å². The van der Waals surface area contributed by atoms with Gasteiger partial charge in [0.05, 0.1) is 18.3 Å². The Balaban J connectivity index is 1.49. The number of nitrogens with one attached hydrogen (secondary N) is 1. The number of benzene rings is 1. The number of ether oxygens (including phenoxy) is 1. The van der Waals surface area contributed by atoms with Gasteiger partial charge in [0.2, 0.25) is 5.95 Å². The van der Waals surface area contributed by atoms with Gasteiger partial charge in [-0.1, -0.05) is 12.1 Å². The topological polar surface area (TPSA) is 86.0 Å². The van der Waals surface area contributed by atoms with Crippen molar-refractivity contribution in [2.75, 3.05) is 11.9 Å². The Labute approximate surface area is 169 Å². The number of hydrogen-bond donors (Lipinski definition) is 2. The number of aromatic nitrogens is 3. The summed E-state index contributed by atoms with van der Waals surface area (Å²) in [6.45, 7) is 0.681. The van der Waals surface area contributed by atoms with Crippen LogP contribution in [0.4, 0.5) is 11.1 Å². The smallest absolute Gasteiger partial charge is 0.228 e. The van der Waals surface area contributed by atoms with E-state index in [-0.39, 0.29) is 6.04 Å². The zero-order valence-corrected chi connectivity index (χ0v) is 16.4. The molecule has 0 spiro atoms. The first kappa shape index (κ1) is 19.8. The maximum absolute atomic E-state index is 6.34. The van der Waals surface area contributed by atoms with Crippen LogP contribution in [0.25, 0.3) is 0 Å². The Bertz CT molecular complexity index is 889. The van der Waals surface area contributed by atoms with Crippen LogP contribution in [0, 0.1) is 12.3 Å². The minimum Gasteiger partial charge on any atom is -0.494 e. The maximum Gasteiger partial charge on any atom is 0.228 e. The summed E-state index contributed by atoms with van der Waals surface area (Å²) < 4.78 is 5.73. The van der Waals surface area contributed by atoms with Crippen LogP contribution >= 0.6 is 11.3 Å². The Morgan fingerprint density at radius 2 is 1.96 bits per heavy atom. The fourth-order valence-electron chi connectivity index (χ4n) is 2.57. The molecular weight excluding hydrogens is 370 g/mol. The van der Waals surface area contributed by atoms with Gasteiger partial charge >= 0.3 is 0 Å². The van der Waals surface area contributed by atoms with Gasteiger partial charge < -0.3 is 15.8 Å². The van der Waals surface area contributed by atoms with Crippen molar-refractivity contribution in [1.82, 2.24) is 15.0 Å². The monoisotopic (exact) mass is 393 g/mol. The Kier molecular flexibility index (Phi) is 7.36. The lowest BCUT2D eigenvalue weighted by atomic mass is 10.0. The van der Waals surface area contributed by atoms with E-state index >= 15 is 0 Å². The van der Waals surface area contributed by atoms with Gasteiger partial charge in [0.1, 0.15) is 5.75 Å². The molecular formula is C21H23N5OS. The molecule has 6 nitrogen and oxygen atoms in total. The molecule has 1 atom stereocenters. The lowest BCUT2D eigenvalue weighted by molar-refractivity contribution is 0.307. The van der Waals surface area contributed by atoms with Crippen molar-refractivity contribution in [2.45, 2.75) is 31.7 Å². The van der Waals surface area contributed by atoms with Crippen LogP contribution in [0.5, 0.6) is 5.75 Å². The Morgan fingerprint density at radius 3 is 2.71 bits per heavy atom. The number of rotatable bonds is 10. The molecule has 2 heterocycles. The zero-order valence-electron chi connectivity index (χ0n) is 15.5. The molecule has 1 aromatic carbocycles. The first-order chi connectivity index (χ1) is 13.7. The number of terminal acetylenes is 1. The van der Waals surface area contributed by atoms with E-state index in [2.05, 4.69) is 26.2 Å². The molecule has 0 saturated heterocycles. The lowest BCUT2D eigenvalue weighted by Gasteiger charge is -2.10. The maximum atomic E-state index is 6.34. The van der Waals surface area contributed by atoms with Gasteiger partial charge in [-0.25, -0.2) is 15.0 Å². The summed E-state index contributed by atoms with van der Waals surface area (Å²) >= 11 is 1.49. The molecule has 0 aliphatic heterocycles. The van der Waals surface area contributed by atoms with E-state index in [1.165, 1.54) is 11.3 Å². The first-order valence-electron chi connectivity index (χ1n) is 9.15. The minimum atomic E-state index is -0.181. The molecule has 0 aliphatic carbocycles. The molecule has 0 radical (unpaired) electrons. The van der Waals surface area contributed by atoms with Crippen LogP contribution < -0.4 is 15.8 Å². The van der Waals surface area contributed by atoms with Crippen molar-refractivity contribution in [3.05, 3.63) is 59.4 Å². The number of nitrogens with zero attached hydrogens (tertiary/aromatic N) is 3. The summed E-state index contributed by atoms with van der Waals surface area (Å²) in [6.07, 6.45) is 12.1. The summed E-state index contributed by atoms with van der Waals surface area (Å²) in [5, 5.41) is 5.77. The van der Waals surface area contributed by atoms with Crippen molar-refractivity contribution in [2.24, 2.45) is 5.73 Å². The zero-order chi connectivity index (χ0) is 19.6. The van der Waals surface area contributed by atoms with E-state index < -0.39 is 0 Å². The molecule has 144 valence electrons. The number of nitrogens with two attached hydrogens (primary N) is 1. The largest absolute Gasteiger partial charge is 0.494 e. The number of hydrogen-bond acceptors (Lipinski definition) is 7. The van der Waals surface area contributed by atoms with Crippen molar-refractivity contribution in [3.63, 3.8) is 0 Å². The average molecular weight is 394 g/mol. The van der Waals surface area contributed by atoms with Crippen LogP contribution in [-0.4, -0.2) is 21.6 Å². The quantitative estimate of drug-likeness (QED) is 0.398. The summed E-state index contributed by atoms with van der Waals surface area (Å²) in [7, 11) is 0. The van der Waals surface area contributed by atoms with Crippen molar-refractivity contribution < 1.29 is 4.74 Å². The second-order valence-corrected chi connectivity index (χ2v) is 7.10. The predicted octanol–water partition coefficient (Wildman–Crippen LogP) is 4.10. The van der Waals surface area contributed by atoms with E-state index in [4.69, 9.17) is 16.9 Å². The SMILES string of the molecule is C#CCCCCOc1ccc(CC(N)c2csc(Nc3ncccn3)n2)cc1. The highest BCUT2D eigenvalue weighted by Crippen LogP contribution is 2.24. The Hall–Kier alpha value is -2.95. The minimum absolute atomic E-state index is 0.181. The predicted molar refractivity (Wildman–Crippen MR) is 113 cm³/mol. The first-order valence-corrected chi connectivity index (χ1v) is 10.0. The van der Waals surface area contributed by atoms with E-state index in [1.54, 1.807) is 18.5 Å². The van der Waals surface area contributed by atoms with Gasteiger partial charge in [-0.2, -0.15) is 0 Å². The number of unbranched alkanes of at least 4 members (excludes halogenated alkanes) is 2. The normalized spacial score (nSPS) is 11.6. The van der Waals surface area contributed by atoms with E-state index in [1.807, 2.05) is 29.6 Å². The number of thiazole rings is 1. The van der Waals surface area contributed by atoms with E-state index in [0.29, 0.717) is 19.0 Å². The highest BCUT2D eigenvalue weighted by atomic mass is 32.1. The van der Waals surface area contributed by atoms with E-state index in [9.17, 15) is 0 Å². The highest BCUT2D eigenvalue weighted by molar-refractivity contribution is 7.13. The van der Waals surface area contributed by atoms with Crippen molar-refractivity contribution >= 4 is 22.4 Å². The summed E-state index contributed by atoms with van der Waals surface area (Å²) in [5.41, 5.74) is 8.32. The lowest BCUT2D eigenvalue weighted by Crippen LogP contribution is -2.13. The molecule has 0 bridgehead atoms. The Morgan fingerprint density at radius 1 is 1.18 bits per heavy atom. The number of anilines is 2. The van der Waals surface area contributed by atoms with Gasteiger partial charge in [0.15, 0.2) is 5.13 Å². The van der Waals surface area contributed by atoms with Gasteiger partial charge in [-0.15, -0.1) is 23.7 Å². The van der Waals surface area contributed by atoms with Crippen LogP contribution in [0.15, 0.2) is 48.1 Å². The highest BCUT2D eigenvalue weighted by Gasteiger charge is 2.12. The molecule has 0 amide bonds. The third kappa shape index (κ3) is 6.05. The fraction of sp³-hybridized carbons (Fsp3) is 0.286.